The quantitative estimate of drug-likeness (QED) is 0.857. The number of benzene rings is 1. The number of hydrogen-bond acceptors (Lipinski definition) is 5. The number of methoxy groups -OCH3 is 1. The van der Waals surface area contributed by atoms with Crippen molar-refractivity contribution in [3.63, 3.8) is 0 Å². The molecule has 0 saturated carbocycles. The number of carbonyl (C=O) groups excluding carboxylic acids is 3. The molecule has 23 heavy (non-hydrogen) atoms. The summed E-state index contributed by atoms with van der Waals surface area (Å²) < 4.78 is 9.77. The van der Waals surface area contributed by atoms with Gasteiger partial charge in [-0.2, -0.15) is 0 Å². The van der Waals surface area contributed by atoms with Crippen molar-refractivity contribution in [1.29, 1.82) is 0 Å². The topological polar surface area (TPSA) is 84.9 Å². The lowest BCUT2D eigenvalue weighted by Gasteiger charge is -2.28. The van der Waals surface area contributed by atoms with Crippen molar-refractivity contribution in [3.05, 3.63) is 23.8 Å². The lowest BCUT2D eigenvalue weighted by atomic mass is 10.1. The second kappa shape index (κ2) is 8.77. The molecule has 0 aromatic heterocycles. The van der Waals surface area contributed by atoms with Crippen molar-refractivity contribution < 1.29 is 23.9 Å². The van der Waals surface area contributed by atoms with Gasteiger partial charge in [-0.15, -0.1) is 0 Å². The predicted octanol–water partition coefficient (Wildman–Crippen LogP) is 2.02. The molecule has 0 unspecified atom stereocenters. The molecule has 0 atom stereocenters. The first-order valence-electron chi connectivity index (χ1n) is 7.43. The molecule has 1 heterocycles. The Hall–Kier alpha value is -2.57. The van der Waals surface area contributed by atoms with Crippen molar-refractivity contribution >= 4 is 23.6 Å². The molecule has 1 aliphatic rings. The molecule has 0 radical (unpaired) electrons. The van der Waals surface area contributed by atoms with Crippen molar-refractivity contribution in [2.45, 2.75) is 27.2 Å². The Balaban J connectivity index is 0.00000127. The van der Waals surface area contributed by atoms with E-state index in [1.54, 1.807) is 18.2 Å². The minimum atomic E-state index is -0.467. The van der Waals surface area contributed by atoms with Gasteiger partial charge in [-0.3, -0.25) is 15.0 Å². The number of hydrogen-bond donors (Lipinski definition) is 1. The maximum absolute atomic E-state index is 11.8. The molecule has 7 heteroatoms. The summed E-state index contributed by atoms with van der Waals surface area (Å²) in [6.45, 7) is 5.99. The van der Waals surface area contributed by atoms with Crippen molar-refractivity contribution in [2.75, 3.05) is 25.2 Å². The fourth-order valence-corrected chi connectivity index (χ4v) is 2.02. The smallest absolute Gasteiger partial charge is 0.343 e. The van der Waals surface area contributed by atoms with Gasteiger partial charge in [0, 0.05) is 18.7 Å². The highest BCUT2D eigenvalue weighted by Crippen LogP contribution is 2.26. The molecule has 1 saturated heterocycles. The van der Waals surface area contributed by atoms with Crippen LogP contribution in [-0.2, 0) is 14.3 Å². The van der Waals surface area contributed by atoms with Gasteiger partial charge in [-0.05, 0) is 30.7 Å². The Morgan fingerprint density at radius 1 is 1.30 bits per heavy atom. The zero-order valence-electron chi connectivity index (χ0n) is 13.8. The highest BCUT2D eigenvalue weighted by atomic mass is 16.6. The predicted molar refractivity (Wildman–Crippen MR) is 85.5 cm³/mol. The van der Waals surface area contributed by atoms with E-state index in [0.717, 1.165) is 5.56 Å². The van der Waals surface area contributed by atoms with Crippen LogP contribution in [0.4, 0.5) is 10.5 Å². The number of ether oxygens (including phenoxy) is 2. The van der Waals surface area contributed by atoms with Crippen LogP contribution in [0, 0.1) is 6.92 Å². The van der Waals surface area contributed by atoms with E-state index in [4.69, 9.17) is 4.74 Å². The number of anilines is 1. The first-order chi connectivity index (χ1) is 11.0. The van der Waals surface area contributed by atoms with Crippen molar-refractivity contribution in [2.24, 2.45) is 0 Å². The second-order valence-electron chi connectivity index (χ2n) is 4.57. The van der Waals surface area contributed by atoms with Gasteiger partial charge >= 0.3 is 12.0 Å². The first kappa shape index (κ1) is 18.5. The maximum Gasteiger partial charge on any atom is 0.343 e. The van der Waals surface area contributed by atoms with Gasteiger partial charge in [0.25, 0.3) is 0 Å². The molecular weight excluding hydrogens is 300 g/mol. The number of aryl methyl sites for hydroxylation is 1. The van der Waals surface area contributed by atoms with Gasteiger partial charge in [-0.25, -0.2) is 9.59 Å². The summed E-state index contributed by atoms with van der Waals surface area (Å²) in [6, 6.07) is 4.67. The number of nitrogens with zero attached hydrogens (tertiary/aromatic N) is 1. The summed E-state index contributed by atoms with van der Waals surface area (Å²) in [5, 5.41) is 2.27. The van der Waals surface area contributed by atoms with E-state index in [2.05, 4.69) is 10.1 Å². The number of urea groups is 1. The summed E-state index contributed by atoms with van der Waals surface area (Å²) in [6.07, 6.45) is 0.270. The molecule has 1 N–H and O–H groups in total. The van der Waals surface area contributed by atoms with Crippen LogP contribution in [0.1, 0.15) is 25.8 Å². The Kier molecular flexibility index (Phi) is 7.05. The Morgan fingerprint density at radius 3 is 2.57 bits per heavy atom. The van der Waals surface area contributed by atoms with Crippen LogP contribution in [0.15, 0.2) is 18.2 Å². The van der Waals surface area contributed by atoms with Gasteiger partial charge in [0.05, 0.1) is 7.11 Å². The summed E-state index contributed by atoms with van der Waals surface area (Å²) in [5.74, 6) is -0.229. The number of carbonyl (C=O) groups is 3. The molecule has 1 fully saturated rings. The van der Waals surface area contributed by atoms with E-state index in [0.29, 0.717) is 18.0 Å². The SMILES string of the molecule is CC.COC(=O)COc1ccc(N2CCC(=O)NC2=O)c(C)c1. The van der Waals surface area contributed by atoms with Gasteiger partial charge in [0.1, 0.15) is 5.75 Å². The van der Waals surface area contributed by atoms with Crippen LogP contribution in [0.2, 0.25) is 0 Å². The second-order valence-corrected chi connectivity index (χ2v) is 4.57. The molecule has 1 aliphatic heterocycles. The van der Waals surface area contributed by atoms with E-state index in [-0.39, 0.29) is 18.9 Å². The zero-order valence-corrected chi connectivity index (χ0v) is 13.8. The molecule has 1 aromatic carbocycles. The third-order valence-corrected chi connectivity index (χ3v) is 3.10. The van der Waals surface area contributed by atoms with E-state index in [1.807, 2.05) is 20.8 Å². The average molecular weight is 322 g/mol. The molecule has 3 amide bonds. The molecule has 126 valence electrons. The zero-order chi connectivity index (χ0) is 17.4. The molecule has 0 bridgehead atoms. The van der Waals surface area contributed by atoms with Gasteiger partial charge < -0.3 is 9.47 Å². The van der Waals surface area contributed by atoms with Crippen LogP contribution in [-0.4, -0.2) is 38.2 Å². The van der Waals surface area contributed by atoms with Crippen molar-refractivity contribution in [3.8, 4) is 5.75 Å². The standard InChI is InChI=1S/C14H16N2O5.C2H6/c1-9-7-10(21-8-13(18)20-2)3-4-11(9)16-6-5-12(17)15-14(16)19;1-2/h3-4,7H,5-6,8H2,1-2H3,(H,15,17,19);1-2H3. The van der Waals surface area contributed by atoms with Crippen LogP contribution >= 0.6 is 0 Å². The molecule has 0 aliphatic carbocycles. The van der Waals surface area contributed by atoms with Crippen LogP contribution in [0.25, 0.3) is 0 Å². The highest BCUT2D eigenvalue weighted by molar-refractivity contribution is 6.05. The number of esters is 1. The van der Waals surface area contributed by atoms with Crippen LogP contribution < -0.4 is 15.0 Å². The summed E-state index contributed by atoms with van der Waals surface area (Å²) in [7, 11) is 1.29. The Labute approximate surface area is 135 Å². The lowest BCUT2D eigenvalue weighted by Crippen LogP contribution is -2.49. The van der Waals surface area contributed by atoms with Crippen LogP contribution in [0.5, 0.6) is 5.75 Å². The largest absolute Gasteiger partial charge is 0.482 e. The number of nitrogens with one attached hydrogen (secondary N) is 1. The normalized spacial score (nSPS) is 13.7. The van der Waals surface area contributed by atoms with Crippen molar-refractivity contribution in [1.82, 2.24) is 5.32 Å². The minimum Gasteiger partial charge on any atom is -0.482 e. The summed E-state index contributed by atoms with van der Waals surface area (Å²) >= 11 is 0. The number of imide groups is 1. The number of rotatable bonds is 4. The Morgan fingerprint density at radius 2 is 2.00 bits per heavy atom. The third kappa shape index (κ3) is 4.98. The van der Waals surface area contributed by atoms with E-state index < -0.39 is 12.0 Å². The molecule has 0 spiro atoms. The maximum atomic E-state index is 11.8. The van der Waals surface area contributed by atoms with Gasteiger partial charge in [0.2, 0.25) is 5.91 Å². The van der Waals surface area contributed by atoms with Gasteiger partial charge in [0.15, 0.2) is 6.61 Å². The fraction of sp³-hybridized carbons (Fsp3) is 0.438. The van der Waals surface area contributed by atoms with E-state index in [9.17, 15) is 14.4 Å². The molecule has 7 nitrogen and oxygen atoms in total. The summed E-state index contributed by atoms with van der Waals surface area (Å²) in [4.78, 5) is 35.5. The Bertz CT molecular complexity index is 586. The molecule has 1 aromatic rings. The number of amides is 3. The highest BCUT2D eigenvalue weighted by Gasteiger charge is 2.25. The minimum absolute atomic E-state index is 0.173. The monoisotopic (exact) mass is 322 g/mol. The summed E-state index contributed by atoms with van der Waals surface area (Å²) in [5.41, 5.74) is 1.51. The van der Waals surface area contributed by atoms with Gasteiger partial charge in [-0.1, -0.05) is 13.8 Å². The first-order valence-corrected chi connectivity index (χ1v) is 7.43. The fourth-order valence-electron chi connectivity index (χ4n) is 2.02. The third-order valence-electron chi connectivity index (χ3n) is 3.10. The van der Waals surface area contributed by atoms with E-state index in [1.165, 1.54) is 12.0 Å². The average Bonchev–Trinajstić information content (AvgIpc) is 2.55. The molecule has 2 rings (SSSR count). The van der Waals surface area contributed by atoms with E-state index >= 15 is 0 Å². The van der Waals surface area contributed by atoms with Crippen LogP contribution in [0.3, 0.4) is 0 Å². The molecular formula is C16H22N2O5. The lowest BCUT2D eigenvalue weighted by molar-refractivity contribution is -0.142.